The van der Waals surface area contributed by atoms with Gasteiger partial charge in [-0.2, -0.15) is 0 Å². The summed E-state index contributed by atoms with van der Waals surface area (Å²) in [5.41, 5.74) is 2.13. The average molecular weight is 256 g/mol. The second-order valence-corrected chi connectivity index (χ2v) is 3.97. The lowest BCUT2D eigenvalue weighted by Crippen LogP contribution is -2.24. The molecule has 0 unspecified atom stereocenters. The number of nitrogens with zero attached hydrogens (tertiary/aromatic N) is 2. The van der Waals surface area contributed by atoms with Gasteiger partial charge >= 0.3 is 0 Å². The molecule has 0 aliphatic carbocycles. The fourth-order valence-electron chi connectivity index (χ4n) is 1.60. The summed E-state index contributed by atoms with van der Waals surface area (Å²) in [4.78, 5) is 20.1. The summed E-state index contributed by atoms with van der Waals surface area (Å²) in [6.45, 7) is 3.23. The molecule has 0 fully saturated rings. The van der Waals surface area contributed by atoms with Crippen LogP contribution in [0.3, 0.4) is 0 Å². The summed E-state index contributed by atoms with van der Waals surface area (Å²) in [7, 11) is 0. The Labute approximate surface area is 112 Å². The minimum absolute atomic E-state index is 0.200. The van der Waals surface area contributed by atoms with E-state index in [-0.39, 0.29) is 5.91 Å². The summed E-state index contributed by atoms with van der Waals surface area (Å²) >= 11 is 0. The molecular weight excluding hydrogens is 240 g/mol. The second kappa shape index (κ2) is 6.49. The highest BCUT2D eigenvalue weighted by Gasteiger charge is 2.06. The number of carbonyl (C=O) groups is 1. The van der Waals surface area contributed by atoms with Gasteiger partial charge in [0.05, 0.1) is 24.1 Å². The van der Waals surface area contributed by atoms with E-state index in [1.807, 2.05) is 31.2 Å². The highest BCUT2D eigenvalue weighted by atomic mass is 16.1. The molecule has 98 valence electrons. The lowest BCUT2D eigenvalue weighted by Gasteiger charge is -2.05. The topological polar surface area (TPSA) is 66.9 Å². The summed E-state index contributed by atoms with van der Waals surface area (Å²) in [5, 5.41) is 5.91. The fourth-order valence-corrected chi connectivity index (χ4v) is 1.60. The largest absolute Gasteiger partial charge is 0.384 e. The Bertz CT molecular complexity index is 525. The number of hydrogen-bond donors (Lipinski definition) is 2. The van der Waals surface area contributed by atoms with Crippen molar-refractivity contribution < 1.29 is 4.79 Å². The zero-order valence-electron chi connectivity index (χ0n) is 10.8. The van der Waals surface area contributed by atoms with Crippen molar-refractivity contribution >= 4 is 11.6 Å². The number of anilines is 1. The molecule has 5 heteroatoms. The molecule has 0 saturated heterocycles. The number of rotatable bonds is 5. The summed E-state index contributed by atoms with van der Waals surface area (Å²) in [6.07, 6.45) is 3.35. The maximum atomic E-state index is 11.9. The van der Waals surface area contributed by atoms with Gasteiger partial charge in [0.25, 0.3) is 5.91 Å². The van der Waals surface area contributed by atoms with Crippen LogP contribution < -0.4 is 10.6 Å². The first-order chi connectivity index (χ1) is 9.29. The van der Waals surface area contributed by atoms with E-state index in [9.17, 15) is 4.79 Å². The van der Waals surface area contributed by atoms with Gasteiger partial charge in [-0.3, -0.25) is 9.78 Å². The number of aromatic nitrogens is 2. The first-order valence-electron chi connectivity index (χ1n) is 6.17. The first kappa shape index (κ1) is 13.0. The van der Waals surface area contributed by atoms with Gasteiger partial charge in [-0.15, -0.1) is 0 Å². The minimum atomic E-state index is -0.200. The monoisotopic (exact) mass is 256 g/mol. The lowest BCUT2D eigenvalue weighted by molar-refractivity contribution is 0.0945. The zero-order valence-corrected chi connectivity index (χ0v) is 10.8. The number of hydrogen-bond acceptors (Lipinski definition) is 4. The lowest BCUT2D eigenvalue weighted by atomic mass is 10.3. The smallest absolute Gasteiger partial charge is 0.270 e. The molecule has 2 N–H and O–H groups in total. The molecule has 0 radical (unpaired) electrons. The third kappa shape index (κ3) is 3.77. The van der Waals surface area contributed by atoms with E-state index in [2.05, 4.69) is 20.6 Å². The Hall–Kier alpha value is -2.43. The summed E-state index contributed by atoms with van der Waals surface area (Å²) in [5.74, 6) is -0.200. The third-order valence-corrected chi connectivity index (χ3v) is 2.53. The van der Waals surface area contributed by atoms with E-state index in [4.69, 9.17) is 0 Å². The van der Waals surface area contributed by atoms with Crippen LogP contribution in [0.4, 0.5) is 5.69 Å². The van der Waals surface area contributed by atoms with Crippen molar-refractivity contribution in [2.75, 3.05) is 11.9 Å². The predicted molar refractivity (Wildman–Crippen MR) is 73.8 cm³/mol. The van der Waals surface area contributed by atoms with E-state index in [1.165, 1.54) is 0 Å². The molecule has 0 aliphatic heterocycles. The average Bonchev–Trinajstić information content (AvgIpc) is 2.47. The van der Waals surface area contributed by atoms with Crippen molar-refractivity contribution in [2.24, 2.45) is 0 Å². The normalized spacial score (nSPS) is 9.95. The van der Waals surface area contributed by atoms with Gasteiger partial charge in [0.1, 0.15) is 5.69 Å². The van der Waals surface area contributed by atoms with Gasteiger partial charge in [-0.25, -0.2) is 4.98 Å². The van der Waals surface area contributed by atoms with E-state index in [1.54, 1.807) is 18.5 Å². The van der Waals surface area contributed by atoms with Crippen LogP contribution in [0.2, 0.25) is 0 Å². The minimum Gasteiger partial charge on any atom is -0.384 e. The molecule has 0 aliphatic rings. The first-order valence-corrected chi connectivity index (χ1v) is 6.17. The quantitative estimate of drug-likeness (QED) is 0.856. The molecule has 2 aromatic rings. The third-order valence-electron chi connectivity index (χ3n) is 2.53. The number of pyridine rings is 2. The van der Waals surface area contributed by atoms with Gasteiger partial charge in [-0.1, -0.05) is 6.07 Å². The molecule has 0 spiro atoms. The van der Waals surface area contributed by atoms with Gasteiger partial charge in [0, 0.05) is 12.7 Å². The van der Waals surface area contributed by atoms with Crippen molar-refractivity contribution in [3.63, 3.8) is 0 Å². The highest BCUT2D eigenvalue weighted by Crippen LogP contribution is 2.05. The van der Waals surface area contributed by atoms with Crippen molar-refractivity contribution in [3.8, 4) is 0 Å². The molecule has 2 rings (SSSR count). The van der Waals surface area contributed by atoms with Gasteiger partial charge in [0.2, 0.25) is 0 Å². The van der Waals surface area contributed by atoms with Crippen molar-refractivity contribution in [1.82, 2.24) is 15.3 Å². The molecule has 0 aromatic carbocycles. The Morgan fingerprint density at radius 3 is 2.74 bits per heavy atom. The molecule has 2 aromatic heterocycles. The fraction of sp³-hybridized carbons (Fsp3) is 0.214. The molecule has 0 atom stereocenters. The van der Waals surface area contributed by atoms with Crippen LogP contribution in [0, 0.1) is 0 Å². The molecule has 0 saturated carbocycles. The van der Waals surface area contributed by atoms with E-state index < -0.39 is 0 Å². The highest BCUT2D eigenvalue weighted by molar-refractivity contribution is 5.92. The van der Waals surface area contributed by atoms with Gasteiger partial charge < -0.3 is 10.6 Å². The van der Waals surface area contributed by atoms with E-state index in [0.717, 1.165) is 17.9 Å². The van der Waals surface area contributed by atoms with E-state index >= 15 is 0 Å². The number of carbonyl (C=O) groups excluding carboxylic acids is 1. The molecule has 19 heavy (non-hydrogen) atoms. The number of amides is 1. The SMILES string of the molecule is CCNc1ccc(C(=O)NCc2ccccn2)nc1. The number of nitrogens with one attached hydrogen (secondary N) is 2. The molecule has 1 amide bonds. The Morgan fingerprint density at radius 2 is 2.11 bits per heavy atom. The van der Waals surface area contributed by atoms with Crippen LogP contribution in [0.1, 0.15) is 23.1 Å². The maximum Gasteiger partial charge on any atom is 0.270 e. The van der Waals surface area contributed by atoms with Crippen LogP contribution in [0.25, 0.3) is 0 Å². The van der Waals surface area contributed by atoms with Crippen molar-refractivity contribution in [3.05, 3.63) is 54.1 Å². The summed E-state index contributed by atoms with van der Waals surface area (Å²) < 4.78 is 0. The Morgan fingerprint density at radius 1 is 1.21 bits per heavy atom. The van der Waals surface area contributed by atoms with Crippen LogP contribution in [-0.2, 0) is 6.54 Å². The van der Waals surface area contributed by atoms with Crippen LogP contribution >= 0.6 is 0 Å². The standard InChI is InChI=1S/C14H16N4O/c1-2-15-12-6-7-13(17-9-12)14(19)18-10-11-5-3-4-8-16-11/h3-9,15H,2,10H2,1H3,(H,18,19). The van der Waals surface area contributed by atoms with Gasteiger partial charge in [-0.05, 0) is 31.2 Å². The molecular formula is C14H16N4O. The van der Waals surface area contributed by atoms with E-state index in [0.29, 0.717) is 12.2 Å². The van der Waals surface area contributed by atoms with Crippen molar-refractivity contribution in [2.45, 2.75) is 13.5 Å². The molecule has 0 bridgehead atoms. The van der Waals surface area contributed by atoms with Crippen LogP contribution in [-0.4, -0.2) is 22.4 Å². The van der Waals surface area contributed by atoms with Crippen molar-refractivity contribution in [1.29, 1.82) is 0 Å². The Kier molecular flexibility index (Phi) is 4.44. The zero-order chi connectivity index (χ0) is 13.5. The molecule has 2 heterocycles. The van der Waals surface area contributed by atoms with Crippen LogP contribution in [0.5, 0.6) is 0 Å². The van der Waals surface area contributed by atoms with Crippen LogP contribution in [0.15, 0.2) is 42.7 Å². The predicted octanol–water partition coefficient (Wildman–Crippen LogP) is 1.84. The molecule has 5 nitrogen and oxygen atoms in total. The maximum absolute atomic E-state index is 11.9. The van der Waals surface area contributed by atoms with Gasteiger partial charge in [0.15, 0.2) is 0 Å². The second-order valence-electron chi connectivity index (χ2n) is 3.97. The Balaban J connectivity index is 1.92. The summed E-state index contributed by atoms with van der Waals surface area (Å²) in [6, 6.07) is 9.13.